The average Bonchev–Trinajstić information content (AvgIpc) is 2.25. The van der Waals surface area contributed by atoms with Crippen molar-refractivity contribution in [2.24, 2.45) is 5.16 Å². The lowest BCUT2D eigenvalue weighted by molar-refractivity contribution is 0.215. The molecule has 0 spiro atoms. The highest BCUT2D eigenvalue weighted by Crippen LogP contribution is 2.26. The van der Waals surface area contributed by atoms with Gasteiger partial charge in [0.2, 0.25) is 0 Å². The van der Waals surface area contributed by atoms with E-state index < -0.39 is 0 Å². The van der Waals surface area contributed by atoms with E-state index in [0.29, 0.717) is 11.5 Å². The van der Waals surface area contributed by atoms with Gasteiger partial charge in [-0.3, -0.25) is 0 Å². The molecule has 4 nitrogen and oxygen atoms in total. The van der Waals surface area contributed by atoms with Gasteiger partial charge in [-0.1, -0.05) is 5.16 Å². The molecule has 0 heterocycles. The molecule has 76 valence electrons. The van der Waals surface area contributed by atoms with Gasteiger partial charge in [0.25, 0.3) is 0 Å². The first-order chi connectivity index (χ1) is 6.81. The molecule has 0 fully saturated rings. The van der Waals surface area contributed by atoms with Crippen molar-refractivity contribution in [3.8, 4) is 11.5 Å². The van der Waals surface area contributed by atoms with Crippen molar-refractivity contribution < 1.29 is 14.3 Å². The van der Waals surface area contributed by atoms with Crippen LogP contribution in [-0.2, 0) is 4.84 Å². The maximum Gasteiger partial charge on any atom is 0.161 e. The maximum absolute atomic E-state index is 5.13. The largest absolute Gasteiger partial charge is 0.493 e. The van der Waals surface area contributed by atoms with Crippen LogP contribution in [0.1, 0.15) is 5.56 Å². The van der Waals surface area contributed by atoms with E-state index in [4.69, 9.17) is 9.47 Å². The zero-order valence-corrected chi connectivity index (χ0v) is 8.48. The number of hydrogen-bond acceptors (Lipinski definition) is 4. The third-order valence-corrected chi connectivity index (χ3v) is 1.71. The van der Waals surface area contributed by atoms with Crippen LogP contribution in [0.25, 0.3) is 0 Å². The molecule has 0 amide bonds. The zero-order valence-electron chi connectivity index (χ0n) is 8.48. The van der Waals surface area contributed by atoms with Crippen molar-refractivity contribution >= 4 is 6.21 Å². The molecule has 0 bridgehead atoms. The van der Waals surface area contributed by atoms with E-state index in [2.05, 4.69) is 9.99 Å². The molecule has 0 N–H and O–H groups in total. The standard InChI is InChI=1S/C10H13NO3/c1-12-9-5-4-8(7-11-14-3)6-10(9)13-2/h4-7H,1-3H3/b11-7-. The lowest BCUT2D eigenvalue weighted by atomic mass is 10.2. The van der Waals surface area contributed by atoms with E-state index >= 15 is 0 Å². The van der Waals surface area contributed by atoms with E-state index in [9.17, 15) is 0 Å². The molecule has 0 saturated carbocycles. The third kappa shape index (κ3) is 2.39. The van der Waals surface area contributed by atoms with Crippen LogP contribution < -0.4 is 9.47 Å². The molecule has 0 atom stereocenters. The molecule has 0 radical (unpaired) electrons. The second-order valence-electron chi connectivity index (χ2n) is 2.53. The molecule has 14 heavy (non-hydrogen) atoms. The fraction of sp³-hybridized carbons (Fsp3) is 0.300. The second kappa shape index (κ2) is 5.11. The number of rotatable bonds is 4. The Hall–Kier alpha value is -1.71. The van der Waals surface area contributed by atoms with Gasteiger partial charge < -0.3 is 14.3 Å². The Bertz CT molecular complexity index is 323. The van der Waals surface area contributed by atoms with Crippen molar-refractivity contribution in [2.45, 2.75) is 0 Å². The Morgan fingerprint density at radius 3 is 2.36 bits per heavy atom. The number of nitrogens with zero attached hydrogens (tertiary/aromatic N) is 1. The molecule has 1 aromatic rings. The van der Waals surface area contributed by atoms with Crippen LogP contribution in [-0.4, -0.2) is 27.5 Å². The molecule has 0 aliphatic carbocycles. The summed E-state index contributed by atoms with van der Waals surface area (Å²) in [6.07, 6.45) is 1.60. The minimum absolute atomic E-state index is 0.674. The quantitative estimate of drug-likeness (QED) is 0.542. The Kier molecular flexibility index (Phi) is 3.79. The Labute approximate surface area is 83.1 Å². The van der Waals surface area contributed by atoms with Gasteiger partial charge in [-0.05, 0) is 18.2 Å². The number of hydrogen-bond donors (Lipinski definition) is 0. The third-order valence-electron chi connectivity index (χ3n) is 1.71. The normalized spacial score (nSPS) is 10.2. The molecule has 1 aromatic carbocycles. The second-order valence-corrected chi connectivity index (χ2v) is 2.53. The molecular weight excluding hydrogens is 182 g/mol. The van der Waals surface area contributed by atoms with E-state index in [-0.39, 0.29) is 0 Å². The van der Waals surface area contributed by atoms with E-state index in [1.807, 2.05) is 18.2 Å². The van der Waals surface area contributed by atoms with Gasteiger partial charge >= 0.3 is 0 Å². The van der Waals surface area contributed by atoms with Crippen LogP contribution >= 0.6 is 0 Å². The van der Waals surface area contributed by atoms with Crippen LogP contribution in [0.15, 0.2) is 23.4 Å². The van der Waals surface area contributed by atoms with Crippen molar-refractivity contribution in [3.63, 3.8) is 0 Å². The Morgan fingerprint density at radius 1 is 1.07 bits per heavy atom. The number of ether oxygens (including phenoxy) is 2. The van der Waals surface area contributed by atoms with Gasteiger partial charge in [-0.2, -0.15) is 0 Å². The number of methoxy groups -OCH3 is 2. The van der Waals surface area contributed by atoms with Gasteiger partial charge in [-0.25, -0.2) is 0 Å². The minimum Gasteiger partial charge on any atom is -0.493 e. The highest BCUT2D eigenvalue weighted by molar-refractivity contribution is 5.80. The van der Waals surface area contributed by atoms with Crippen LogP contribution in [0.3, 0.4) is 0 Å². The van der Waals surface area contributed by atoms with Crippen molar-refractivity contribution in [1.29, 1.82) is 0 Å². The lowest BCUT2D eigenvalue weighted by Crippen LogP contribution is -1.92. The molecule has 0 aliphatic heterocycles. The Balaban J connectivity index is 2.95. The summed E-state index contributed by atoms with van der Waals surface area (Å²) in [5.41, 5.74) is 0.893. The summed E-state index contributed by atoms with van der Waals surface area (Å²) in [4.78, 5) is 4.57. The number of benzene rings is 1. The summed E-state index contributed by atoms with van der Waals surface area (Å²) < 4.78 is 10.2. The summed E-state index contributed by atoms with van der Waals surface area (Å²) in [6.45, 7) is 0. The summed E-state index contributed by atoms with van der Waals surface area (Å²) in [5, 5.41) is 3.65. The van der Waals surface area contributed by atoms with Crippen LogP contribution in [0.5, 0.6) is 11.5 Å². The van der Waals surface area contributed by atoms with Crippen molar-refractivity contribution in [3.05, 3.63) is 23.8 Å². The van der Waals surface area contributed by atoms with Crippen LogP contribution in [0, 0.1) is 0 Å². The van der Waals surface area contributed by atoms with Gasteiger partial charge in [0.05, 0.1) is 20.4 Å². The van der Waals surface area contributed by atoms with E-state index in [0.717, 1.165) is 5.56 Å². The average molecular weight is 195 g/mol. The molecule has 0 saturated heterocycles. The van der Waals surface area contributed by atoms with Crippen LogP contribution in [0.2, 0.25) is 0 Å². The summed E-state index contributed by atoms with van der Waals surface area (Å²) >= 11 is 0. The molecule has 0 aromatic heterocycles. The predicted molar refractivity (Wildman–Crippen MR) is 54.1 cm³/mol. The predicted octanol–water partition coefficient (Wildman–Crippen LogP) is 1.68. The maximum atomic E-state index is 5.13. The Morgan fingerprint density at radius 2 is 1.79 bits per heavy atom. The molecular formula is C10H13NO3. The summed E-state index contributed by atoms with van der Waals surface area (Å²) in [7, 11) is 4.69. The first kappa shape index (κ1) is 10.4. The smallest absolute Gasteiger partial charge is 0.161 e. The first-order valence-electron chi connectivity index (χ1n) is 4.10. The van der Waals surface area contributed by atoms with E-state index in [1.54, 1.807) is 20.4 Å². The zero-order chi connectivity index (χ0) is 10.4. The van der Waals surface area contributed by atoms with Gasteiger partial charge in [-0.15, -0.1) is 0 Å². The molecule has 4 heteroatoms. The van der Waals surface area contributed by atoms with Gasteiger partial charge in [0, 0.05) is 5.56 Å². The van der Waals surface area contributed by atoms with Gasteiger partial charge in [0.15, 0.2) is 11.5 Å². The minimum atomic E-state index is 0.674. The molecule has 0 aliphatic rings. The monoisotopic (exact) mass is 195 g/mol. The lowest BCUT2D eigenvalue weighted by Gasteiger charge is -2.07. The van der Waals surface area contributed by atoms with Crippen LogP contribution in [0.4, 0.5) is 0 Å². The topological polar surface area (TPSA) is 40.0 Å². The highest BCUT2D eigenvalue weighted by atomic mass is 16.6. The fourth-order valence-corrected chi connectivity index (χ4v) is 1.05. The molecule has 0 unspecified atom stereocenters. The fourth-order valence-electron chi connectivity index (χ4n) is 1.05. The van der Waals surface area contributed by atoms with E-state index in [1.165, 1.54) is 7.11 Å². The number of oxime groups is 1. The van der Waals surface area contributed by atoms with Gasteiger partial charge in [0.1, 0.15) is 7.11 Å². The van der Waals surface area contributed by atoms with Crippen molar-refractivity contribution in [2.75, 3.05) is 21.3 Å². The molecule has 1 rings (SSSR count). The first-order valence-corrected chi connectivity index (χ1v) is 4.10. The summed E-state index contributed by atoms with van der Waals surface area (Å²) in [5.74, 6) is 1.37. The van der Waals surface area contributed by atoms with Crippen molar-refractivity contribution in [1.82, 2.24) is 0 Å². The SMILES string of the molecule is CO/N=C\c1ccc(OC)c(OC)c1. The summed E-state index contributed by atoms with van der Waals surface area (Å²) in [6, 6.07) is 5.50. The highest BCUT2D eigenvalue weighted by Gasteiger charge is 2.02.